The minimum Gasteiger partial charge on any atom is -0.326 e. The molecule has 15 heavy (non-hydrogen) atoms. The van der Waals surface area contributed by atoms with Crippen molar-refractivity contribution in [1.82, 2.24) is 14.8 Å². The number of nitrogens with zero attached hydrogens (tertiary/aromatic N) is 3. The molecule has 0 aromatic carbocycles. The topological polar surface area (TPSA) is 56.7 Å². The minimum absolute atomic E-state index is 0.550. The minimum atomic E-state index is 0.550. The van der Waals surface area contributed by atoms with Crippen LogP contribution in [0, 0.1) is 13.8 Å². The molecule has 0 spiro atoms. The Hall–Kier alpha value is -1.20. The van der Waals surface area contributed by atoms with Gasteiger partial charge in [-0.3, -0.25) is 4.68 Å². The van der Waals surface area contributed by atoms with Gasteiger partial charge in [0.05, 0.1) is 23.4 Å². The fraction of sp³-hybridized carbons (Fsp3) is 0.400. The van der Waals surface area contributed by atoms with E-state index >= 15 is 0 Å². The van der Waals surface area contributed by atoms with Gasteiger partial charge in [-0.2, -0.15) is 5.10 Å². The quantitative estimate of drug-likeness (QED) is 0.855. The predicted octanol–water partition coefficient (Wildman–Crippen LogP) is 1.46. The maximum atomic E-state index is 5.67. The lowest BCUT2D eigenvalue weighted by Crippen LogP contribution is -2.05. The highest BCUT2D eigenvalue weighted by atomic mass is 32.1. The molecule has 2 N–H and O–H groups in total. The smallest absolute Gasteiger partial charge is 0.0843 e. The lowest BCUT2D eigenvalue weighted by atomic mass is 10.2. The van der Waals surface area contributed by atoms with E-state index < -0.39 is 0 Å². The molecule has 2 rings (SSSR count). The van der Waals surface area contributed by atoms with E-state index in [4.69, 9.17) is 5.73 Å². The molecular formula is C10H14N4S. The predicted molar refractivity (Wildman–Crippen MR) is 60.8 cm³/mol. The van der Waals surface area contributed by atoms with Gasteiger partial charge in [0.2, 0.25) is 0 Å². The molecule has 0 bridgehead atoms. The van der Waals surface area contributed by atoms with Crippen molar-refractivity contribution in [2.45, 2.75) is 26.9 Å². The summed E-state index contributed by atoms with van der Waals surface area (Å²) in [5, 5.41) is 6.50. The zero-order valence-electron chi connectivity index (χ0n) is 8.90. The normalized spacial score (nSPS) is 10.9. The molecule has 0 saturated heterocycles. The van der Waals surface area contributed by atoms with E-state index in [-0.39, 0.29) is 0 Å². The molecule has 0 atom stereocenters. The first kappa shape index (κ1) is 10.3. The highest BCUT2D eigenvalue weighted by molar-refractivity contribution is 7.07. The van der Waals surface area contributed by atoms with Crippen LogP contribution in [0.25, 0.3) is 0 Å². The molecule has 0 radical (unpaired) electrons. The van der Waals surface area contributed by atoms with Gasteiger partial charge in [0.25, 0.3) is 0 Å². The number of hydrogen-bond donors (Lipinski definition) is 1. The summed E-state index contributed by atoms with van der Waals surface area (Å²) in [5.74, 6) is 0. The van der Waals surface area contributed by atoms with Crippen molar-refractivity contribution in [2.24, 2.45) is 5.73 Å². The number of thiazole rings is 1. The van der Waals surface area contributed by atoms with Crippen molar-refractivity contribution < 1.29 is 0 Å². The lowest BCUT2D eigenvalue weighted by molar-refractivity contribution is 0.648. The van der Waals surface area contributed by atoms with E-state index in [0.717, 1.165) is 29.2 Å². The van der Waals surface area contributed by atoms with Crippen molar-refractivity contribution in [3.8, 4) is 0 Å². The van der Waals surface area contributed by atoms with Crippen LogP contribution in [0.15, 0.2) is 10.9 Å². The van der Waals surface area contributed by atoms with Crippen molar-refractivity contribution in [2.75, 3.05) is 0 Å². The van der Waals surface area contributed by atoms with Crippen molar-refractivity contribution in [1.29, 1.82) is 0 Å². The third kappa shape index (κ3) is 1.93. The highest BCUT2D eigenvalue weighted by Gasteiger charge is 2.10. The van der Waals surface area contributed by atoms with Gasteiger partial charge in [-0.25, -0.2) is 4.98 Å². The molecule has 0 aliphatic heterocycles. The summed E-state index contributed by atoms with van der Waals surface area (Å²) in [6.45, 7) is 5.33. The number of aromatic nitrogens is 3. The second-order valence-electron chi connectivity index (χ2n) is 3.49. The van der Waals surface area contributed by atoms with Gasteiger partial charge in [0.15, 0.2) is 0 Å². The molecule has 2 aromatic rings. The molecular weight excluding hydrogens is 208 g/mol. The lowest BCUT2D eigenvalue weighted by Gasteiger charge is -2.01. The summed E-state index contributed by atoms with van der Waals surface area (Å²) in [6, 6.07) is 0. The second kappa shape index (κ2) is 4.12. The van der Waals surface area contributed by atoms with Gasteiger partial charge in [0, 0.05) is 23.2 Å². The van der Waals surface area contributed by atoms with Gasteiger partial charge in [0.1, 0.15) is 0 Å². The zero-order valence-corrected chi connectivity index (χ0v) is 9.71. The third-order valence-electron chi connectivity index (χ3n) is 2.53. The molecule has 5 heteroatoms. The highest BCUT2D eigenvalue weighted by Crippen LogP contribution is 2.13. The van der Waals surface area contributed by atoms with Crippen LogP contribution in [0.3, 0.4) is 0 Å². The molecule has 2 aromatic heterocycles. The van der Waals surface area contributed by atoms with Gasteiger partial charge < -0.3 is 5.73 Å². The van der Waals surface area contributed by atoms with Crippen molar-refractivity contribution in [3.63, 3.8) is 0 Å². The van der Waals surface area contributed by atoms with E-state index in [1.165, 1.54) is 0 Å². The number of rotatable bonds is 3. The first-order chi connectivity index (χ1) is 7.22. The van der Waals surface area contributed by atoms with Crippen LogP contribution in [-0.2, 0) is 13.1 Å². The maximum Gasteiger partial charge on any atom is 0.0843 e. The summed E-state index contributed by atoms with van der Waals surface area (Å²) >= 11 is 1.60. The number of hydrogen-bond acceptors (Lipinski definition) is 4. The van der Waals surface area contributed by atoms with Gasteiger partial charge in [-0.15, -0.1) is 11.3 Å². The largest absolute Gasteiger partial charge is 0.326 e. The summed E-state index contributed by atoms with van der Waals surface area (Å²) in [5.41, 5.74) is 11.9. The van der Waals surface area contributed by atoms with Crippen LogP contribution < -0.4 is 5.73 Å². The molecule has 0 aliphatic carbocycles. The second-order valence-corrected chi connectivity index (χ2v) is 4.21. The van der Waals surface area contributed by atoms with Crippen LogP contribution >= 0.6 is 11.3 Å². The number of nitrogens with two attached hydrogens (primary N) is 1. The Morgan fingerprint density at radius 1 is 1.47 bits per heavy atom. The van der Waals surface area contributed by atoms with E-state index in [9.17, 15) is 0 Å². The molecule has 0 amide bonds. The SMILES string of the molecule is Cc1nn(Cc2cscn2)c(C)c1CN. The van der Waals surface area contributed by atoms with Crippen LogP contribution in [0.4, 0.5) is 0 Å². The third-order valence-corrected chi connectivity index (χ3v) is 3.17. The van der Waals surface area contributed by atoms with E-state index in [1.54, 1.807) is 11.3 Å². The van der Waals surface area contributed by atoms with Crippen LogP contribution in [0.1, 0.15) is 22.6 Å². The van der Waals surface area contributed by atoms with E-state index in [1.807, 2.05) is 22.5 Å². The average Bonchev–Trinajstić information content (AvgIpc) is 2.78. The van der Waals surface area contributed by atoms with Gasteiger partial charge >= 0.3 is 0 Å². The first-order valence-corrected chi connectivity index (χ1v) is 5.76. The zero-order chi connectivity index (χ0) is 10.8. The summed E-state index contributed by atoms with van der Waals surface area (Å²) in [4.78, 5) is 4.24. The molecule has 2 heterocycles. The summed E-state index contributed by atoms with van der Waals surface area (Å²) in [6.07, 6.45) is 0. The monoisotopic (exact) mass is 222 g/mol. The van der Waals surface area contributed by atoms with Gasteiger partial charge in [-0.1, -0.05) is 0 Å². The molecule has 0 aliphatic rings. The Kier molecular flexibility index (Phi) is 2.83. The first-order valence-electron chi connectivity index (χ1n) is 4.82. The number of aryl methyl sites for hydroxylation is 1. The summed E-state index contributed by atoms with van der Waals surface area (Å²) < 4.78 is 1.96. The fourth-order valence-electron chi connectivity index (χ4n) is 1.65. The standard InChI is InChI=1S/C10H14N4S/c1-7-10(3-11)8(2)14(13-7)4-9-5-15-6-12-9/h5-6H,3-4,11H2,1-2H3. The van der Waals surface area contributed by atoms with Crippen molar-refractivity contribution in [3.05, 3.63) is 33.5 Å². The van der Waals surface area contributed by atoms with Gasteiger partial charge in [-0.05, 0) is 13.8 Å². The Bertz CT molecular complexity index is 444. The van der Waals surface area contributed by atoms with E-state index in [2.05, 4.69) is 17.0 Å². The van der Waals surface area contributed by atoms with E-state index in [0.29, 0.717) is 6.54 Å². The molecule has 80 valence electrons. The molecule has 0 fully saturated rings. The summed E-state index contributed by atoms with van der Waals surface area (Å²) in [7, 11) is 0. The Morgan fingerprint density at radius 2 is 2.27 bits per heavy atom. The average molecular weight is 222 g/mol. The molecule has 4 nitrogen and oxygen atoms in total. The fourth-order valence-corrected chi connectivity index (χ4v) is 2.20. The maximum absolute atomic E-state index is 5.67. The van der Waals surface area contributed by atoms with Crippen molar-refractivity contribution >= 4 is 11.3 Å². The Labute approximate surface area is 92.8 Å². The Balaban J connectivity index is 2.29. The van der Waals surface area contributed by atoms with Crippen LogP contribution in [0.5, 0.6) is 0 Å². The Morgan fingerprint density at radius 3 is 2.80 bits per heavy atom. The molecule has 0 unspecified atom stereocenters. The van der Waals surface area contributed by atoms with Crippen LogP contribution in [0.2, 0.25) is 0 Å². The molecule has 0 saturated carbocycles. The van der Waals surface area contributed by atoms with Crippen LogP contribution in [-0.4, -0.2) is 14.8 Å².